The quantitative estimate of drug-likeness (QED) is 0.450. The fraction of sp³-hybridized carbons (Fsp3) is 0.654. The van der Waals surface area contributed by atoms with Crippen LogP contribution < -0.4 is 10.6 Å². The van der Waals surface area contributed by atoms with E-state index in [1.54, 1.807) is 20.8 Å². The van der Waals surface area contributed by atoms with E-state index in [4.69, 9.17) is 4.74 Å². The first-order valence-electron chi connectivity index (χ1n) is 12.1. The minimum absolute atomic E-state index is 0.0575. The van der Waals surface area contributed by atoms with E-state index in [9.17, 15) is 19.5 Å². The summed E-state index contributed by atoms with van der Waals surface area (Å²) in [5.74, 6) is -0.831. The number of benzene rings is 1. The van der Waals surface area contributed by atoms with E-state index in [0.29, 0.717) is 12.0 Å². The van der Waals surface area contributed by atoms with Crippen molar-refractivity contribution in [3.63, 3.8) is 0 Å². The standard InChI is InChI=1S/C26H43N3O5/c1-9-11-19(5)27-23(31)22(20-13-12-17(3)15-18(20)4)29(14-10-2)24(32)21(16-30)28-25(33)34-26(6,7)8/h12-13,15,19,21-22,30H,9-11,14,16H2,1-8H3,(H,27,31)(H,28,33). The fourth-order valence-electron chi connectivity index (χ4n) is 3.85. The Hall–Kier alpha value is -2.61. The monoisotopic (exact) mass is 477 g/mol. The molecule has 0 fully saturated rings. The topological polar surface area (TPSA) is 108 Å². The lowest BCUT2D eigenvalue weighted by Crippen LogP contribution is -2.55. The van der Waals surface area contributed by atoms with E-state index >= 15 is 0 Å². The van der Waals surface area contributed by atoms with Crippen LogP contribution in [0.3, 0.4) is 0 Å². The molecule has 0 aliphatic rings. The van der Waals surface area contributed by atoms with Gasteiger partial charge in [-0.2, -0.15) is 0 Å². The van der Waals surface area contributed by atoms with Crippen molar-refractivity contribution >= 4 is 17.9 Å². The summed E-state index contributed by atoms with van der Waals surface area (Å²) in [5, 5.41) is 15.4. The second-order valence-electron chi connectivity index (χ2n) is 9.87. The number of aliphatic hydroxyl groups excluding tert-OH is 1. The van der Waals surface area contributed by atoms with Crippen molar-refractivity contribution in [3.05, 3.63) is 34.9 Å². The van der Waals surface area contributed by atoms with Crippen LogP contribution in [-0.2, 0) is 14.3 Å². The molecule has 8 nitrogen and oxygen atoms in total. The van der Waals surface area contributed by atoms with Crippen molar-refractivity contribution in [2.75, 3.05) is 13.2 Å². The lowest BCUT2D eigenvalue weighted by atomic mass is 9.96. The van der Waals surface area contributed by atoms with Gasteiger partial charge in [-0.1, -0.05) is 44.0 Å². The Balaban J connectivity index is 3.39. The zero-order chi connectivity index (χ0) is 26.1. The van der Waals surface area contributed by atoms with Crippen LogP contribution >= 0.6 is 0 Å². The highest BCUT2D eigenvalue weighted by molar-refractivity contribution is 5.92. The fourth-order valence-corrected chi connectivity index (χ4v) is 3.85. The summed E-state index contributed by atoms with van der Waals surface area (Å²) >= 11 is 0. The molecule has 0 radical (unpaired) electrons. The highest BCUT2D eigenvalue weighted by Gasteiger charge is 2.36. The maximum Gasteiger partial charge on any atom is 0.408 e. The molecular weight excluding hydrogens is 434 g/mol. The van der Waals surface area contributed by atoms with Crippen molar-refractivity contribution in [3.8, 4) is 0 Å². The van der Waals surface area contributed by atoms with Gasteiger partial charge in [-0.15, -0.1) is 0 Å². The normalized spacial score (nSPS) is 14.0. The molecule has 34 heavy (non-hydrogen) atoms. The van der Waals surface area contributed by atoms with E-state index in [0.717, 1.165) is 24.0 Å². The Labute approximate surface area is 204 Å². The molecular formula is C26H43N3O5. The van der Waals surface area contributed by atoms with Gasteiger partial charge >= 0.3 is 6.09 Å². The number of ether oxygens (including phenoxy) is 1. The number of hydrogen-bond acceptors (Lipinski definition) is 5. The molecule has 0 heterocycles. The highest BCUT2D eigenvalue weighted by Crippen LogP contribution is 2.27. The molecule has 0 bridgehead atoms. The summed E-state index contributed by atoms with van der Waals surface area (Å²) in [6, 6.07) is 3.55. The summed E-state index contributed by atoms with van der Waals surface area (Å²) < 4.78 is 5.25. The number of carbonyl (C=O) groups is 3. The average Bonchev–Trinajstić information content (AvgIpc) is 2.71. The molecule has 1 aromatic rings. The van der Waals surface area contributed by atoms with Gasteiger partial charge in [-0.25, -0.2) is 4.79 Å². The maximum atomic E-state index is 13.6. The predicted molar refractivity (Wildman–Crippen MR) is 133 cm³/mol. The molecule has 3 amide bonds. The molecule has 3 atom stereocenters. The first kappa shape index (κ1) is 29.4. The second kappa shape index (κ2) is 13.3. The Morgan fingerprint density at radius 1 is 1.09 bits per heavy atom. The minimum atomic E-state index is -1.24. The summed E-state index contributed by atoms with van der Waals surface area (Å²) in [6.45, 7) is 14.6. The van der Waals surface area contributed by atoms with E-state index in [1.807, 2.05) is 52.8 Å². The molecule has 3 N–H and O–H groups in total. The van der Waals surface area contributed by atoms with Crippen LogP contribution in [0.5, 0.6) is 0 Å². The van der Waals surface area contributed by atoms with Crippen LogP contribution in [0.4, 0.5) is 4.79 Å². The lowest BCUT2D eigenvalue weighted by molar-refractivity contribution is -0.143. The van der Waals surface area contributed by atoms with Gasteiger partial charge in [0.1, 0.15) is 17.7 Å². The predicted octanol–water partition coefficient (Wildman–Crippen LogP) is 3.77. The number of aliphatic hydroxyl groups is 1. The van der Waals surface area contributed by atoms with Gasteiger partial charge in [-0.05, 0) is 65.5 Å². The third kappa shape index (κ3) is 8.97. The van der Waals surface area contributed by atoms with E-state index in [2.05, 4.69) is 10.6 Å². The zero-order valence-corrected chi connectivity index (χ0v) is 22.0. The van der Waals surface area contributed by atoms with Crippen LogP contribution in [0.2, 0.25) is 0 Å². The minimum Gasteiger partial charge on any atom is -0.444 e. The molecule has 0 saturated heterocycles. The maximum absolute atomic E-state index is 13.6. The van der Waals surface area contributed by atoms with Gasteiger partial charge in [0.05, 0.1) is 6.61 Å². The SMILES string of the molecule is CCCC(C)NC(=O)C(c1ccc(C)cc1C)N(CCC)C(=O)C(CO)NC(=O)OC(C)(C)C. The molecule has 0 aromatic heterocycles. The molecule has 3 unspecified atom stereocenters. The third-order valence-electron chi connectivity index (χ3n) is 5.31. The van der Waals surface area contributed by atoms with Gasteiger partial charge in [0.15, 0.2) is 0 Å². The van der Waals surface area contributed by atoms with Crippen LogP contribution in [0.15, 0.2) is 18.2 Å². The Morgan fingerprint density at radius 3 is 2.24 bits per heavy atom. The number of aryl methyl sites for hydroxylation is 2. The van der Waals surface area contributed by atoms with Gasteiger partial charge in [0.25, 0.3) is 0 Å². The average molecular weight is 478 g/mol. The smallest absolute Gasteiger partial charge is 0.408 e. The Kier molecular flexibility index (Phi) is 11.5. The largest absolute Gasteiger partial charge is 0.444 e. The first-order chi connectivity index (χ1) is 15.8. The second-order valence-corrected chi connectivity index (χ2v) is 9.87. The molecule has 8 heteroatoms. The van der Waals surface area contributed by atoms with E-state index in [-0.39, 0.29) is 18.5 Å². The summed E-state index contributed by atoms with van der Waals surface area (Å²) in [7, 11) is 0. The van der Waals surface area contributed by atoms with E-state index < -0.39 is 36.3 Å². The van der Waals surface area contributed by atoms with Crippen molar-refractivity contribution in [2.24, 2.45) is 0 Å². The number of alkyl carbamates (subject to hydrolysis) is 1. The van der Waals surface area contributed by atoms with Gasteiger partial charge in [0, 0.05) is 12.6 Å². The third-order valence-corrected chi connectivity index (χ3v) is 5.31. The summed E-state index contributed by atoms with van der Waals surface area (Å²) in [6.07, 6.45) is 1.52. The van der Waals surface area contributed by atoms with Crippen molar-refractivity contribution in [1.82, 2.24) is 15.5 Å². The number of amides is 3. The number of nitrogens with one attached hydrogen (secondary N) is 2. The van der Waals surface area contributed by atoms with Crippen molar-refractivity contribution in [2.45, 2.75) is 98.4 Å². The lowest BCUT2D eigenvalue weighted by Gasteiger charge is -2.35. The highest BCUT2D eigenvalue weighted by atomic mass is 16.6. The van der Waals surface area contributed by atoms with Crippen LogP contribution in [0, 0.1) is 13.8 Å². The van der Waals surface area contributed by atoms with Crippen molar-refractivity contribution in [1.29, 1.82) is 0 Å². The van der Waals surface area contributed by atoms with Gasteiger partial charge in [0.2, 0.25) is 11.8 Å². The number of carbonyl (C=O) groups excluding carboxylic acids is 3. The van der Waals surface area contributed by atoms with Crippen molar-refractivity contribution < 1.29 is 24.2 Å². The molecule has 0 aliphatic heterocycles. The first-order valence-corrected chi connectivity index (χ1v) is 12.1. The van der Waals surface area contributed by atoms with Gasteiger partial charge < -0.3 is 25.4 Å². The molecule has 1 aromatic carbocycles. The Bertz CT molecular complexity index is 834. The Morgan fingerprint density at radius 2 is 1.74 bits per heavy atom. The van der Waals surface area contributed by atoms with Gasteiger partial charge in [-0.3, -0.25) is 9.59 Å². The summed E-state index contributed by atoms with van der Waals surface area (Å²) in [5.41, 5.74) is 1.89. The van der Waals surface area contributed by atoms with Crippen LogP contribution in [-0.4, -0.2) is 58.8 Å². The molecule has 192 valence electrons. The number of rotatable bonds is 11. The summed E-state index contributed by atoms with van der Waals surface area (Å²) in [4.78, 5) is 40.9. The van der Waals surface area contributed by atoms with Crippen LogP contribution in [0.25, 0.3) is 0 Å². The zero-order valence-electron chi connectivity index (χ0n) is 22.0. The molecule has 0 spiro atoms. The molecule has 0 saturated carbocycles. The number of nitrogens with zero attached hydrogens (tertiary/aromatic N) is 1. The molecule has 0 aliphatic carbocycles. The van der Waals surface area contributed by atoms with E-state index in [1.165, 1.54) is 4.90 Å². The molecule has 1 rings (SSSR count). The van der Waals surface area contributed by atoms with Crippen LogP contribution in [0.1, 0.15) is 83.5 Å². The number of hydrogen-bond donors (Lipinski definition) is 3.